The van der Waals surface area contributed by atoms with Gasteiger partial charge in [0.05, 0.1) is 16.4 Å². The number of aliphatic hydroxyl groups excluding tert-OH is 1. The molecule has 0 aromatic carbocycles. The van der Waals surface area contributed by atoms with E-state index in [1.54, 1.807) is 23.3 Å². The third-order valence-electron chi connectivity index (χ3n) is 2.60. The molecule has 3 rings (SSSR count). The topological polar surface area (TPSA) is 72.9 Å². The van der Waals surface area contributed by atoms with Crippen LogP contribution >= 0.6 is 11.3 Å². The van der Waals surface area contributed by atoms with E-state index in [0.717, 1.165) is 20.4 Å². The number of rotatable bonds is 1. The van der Waals surface area contributed by atoms with Gasteiger partial charge in [-0.2, -0.15) is 5.10 Å². The summed E-state index contributed by atoms with van der Waals surface area (Å²) in [4.78, 5) is 16.1. The molecule has 3 heterocycles. The predicted octanol–water partition coefficient (Wildman–Crippen LogP) is 0.294. The highest BCUT2D eigenvalue weighted by Gasteiger charge is 2.15. The van der Waals surface area contributed by atoms with Crippen LogP contribution in [-0.4, -0.2) is 24.4 Å². The first kappa shape index (κ1) is 9.49. The van der Waals surface area contributed by atoms with Crippen molar-refractivity contribution in [1.29, 1.82) is 0 Å². The fourth-order valence-corrected chi connectivity index (χ4v) is 2.67. The predicted molar refractivity (Wildman–Crippen MR) is 60.4 cm³/mol. The van der Waals surface area contributed by atoms with Crippen molar-refractivity contribution in [2.75, 3.05) is 0 Å². The summed E-state index contributed by atoms with van der Waals surface area (Å²) in [6.07, 6.45) is 1.59. The highest BCUT2D eigenvalue weighted by Crippen LogP contribution is 2.27. The molecular formula is C9H8N4O2S. The third-order valence-corrected chi connectivity index (χ3v) is 3.45. The van der Waals surface area contributed by atoms with Crippen molar-refractivity contribution < 1.29 is 5.11 Å². The highest BCUT2D eigenvalue weighted by molar-refractivity contribution is 7.17. The monoisotopic (exact) mass is 236 g/mol. The molecular weight excluding hydrogens is 228 g/mol. The second-order valence-electron chi connectivity index (χ2n) is 3.42. The van der Waals surface area contributed by atoms with Crippen LogP contribution in [0.25, 0.3) is 21.3 Å². The van der Waals surface area contributed by atoms with Crippen molar-refractivity contribution in [2.45, 2.75) is 6.73 Å². The van der Waals surface area contributed by atoms with E-state index in [9.17, 15) is 4.79 Å². The molecule has 1 N–H and O–H groups in total. The number of aryl methyl sites for hydroxylation is 1. The number of hydrogen-bond acceptors (Lipinski definition) is 5. The Balaban J connectivity index is 2.62. The van der Waals surface area contributed by atoms with Crippen molar-refractivity contribution in [2.24, 2.45) is 7.05 Å². The second-order valence-corrected chi connectivity index (χ2v) is 4.27. The summed E-state index contributed by atoms with van der Waals surface area (Å²) in [6.45, 7) is -0.416. The summed E-state index contributed by atoms with van der Waals surface area (Å²) in [5.74, 6) is 0. The third kappa shape index (κ3) is 1.01. The molecule has 16 heavy (non-hydrogen) atoms. The van der Waals surface area contributed by atoms with E-state index in [1.807, 2.05) is 0 Å². The molecule has 0 bridgehead atoms. The minimum absolute atomic E-state index is 0.298. The molecule has 82 valence electrons. The molecule has 7 heteroatoms. The minimum Gasteiger partial charge on any atom is -0.374 e. The van der Waals surface area contributed by atoms with Crippen LogP contribution in [0.4, 0.5) is 0 Å². The van der Waals surface area contributed by atoms with E-state index in [-0.39, 0.29) is 5.56 Å². The first-order chi connectivity index (χ1) is 7.74. The van der Waals surface area contributed by atoms with Gasteiger partial charge in [-0.05, 0) is 0 Å². The zero-order chi connectivity index (χ0) is 11.3. The van der Waals surface area contributed by atoms with Gasteiger partial charge in [0.1, 0.15) is 12.2 Å². The summed E-state index contributed by atoms with van der Waals surface area (Å²) in [6, 6.07) is 0. The van der Waals surface area contributed by atoms with Gasteiger partial charge in [0.2, 0.25) is 0 Å². The van der Waals surface area contributed by atoms with Crippen molar-refractivity contribution in [3.63, 3.8) is 0 Å². The molecule has 0 saturated heterocycles. The number of hydrogen-bond donors (Lipinski definition) is 1. The van der Waals surface area contributed by atoms with Gasteiger partial charge in [-0.15, -0.1) is 11.3 Å². The Labute approximate surface area is 93.4 Å². The first-order valence-corrected chi connectivity index (χ1v) is 5.50. The van der Waals surface area contributed by atoms with Gasteiger partial charge < -0.3 is 9.67 Å². The Bertz CT molecular complexity index is 739. The van der Waals surface area contributed by atoms with E-state index >= 15 is 0 Å². The maximum atomic E-state index is 11.9. The lowest BCUT2D eigenvalue weighted by Gasteiger charge is -2.00. The van der Waals surface area contributed by atoms with E-state index in [2.05, 4.69) is 10.1 Å². The smallest absolute Gasteiger partial charge is 0.293 e. The molecule has 0 aliphatic heterocycles. The van der Waals surface area contributed by atoms with Crippen LogP contribution in [0.5, 0.6) is 0 Å². The molecule has 0 aliphatic carbocycles. The van der Waals surface area contributed by atoms with Crippen LogP contribution in [0.3, 0.4) is 0 Å². The van der Waals surface area contributed by atoms with Gasteiger partial charge in [-0.25, -0.2) is 9.67 Å². The molecule has 0 radical (unpaired) electrons. The second kappa shape index (κ2) is 3.13. The van der Waals surface area contributed by atoms with Crippen LogP contribution in [0.15, 0.2) is 16.5 Å². The van der Waals surface area contributed by atoms with Gasteiger partial charge in [-0.1, -0.05) is 0 Å². The van der Waals surface area contributed by atoms with Gasteiger partial charge in [0.15, 0.2) is 5.65 Å². The zero-order valence-electron chi connectivity index (χ0n) is 8.41. The first-order valence-electron chi connectivity index (χ1n) is 4.62. The molecule has 0 fully saturated rings. The number of aliphatic hydroxyl groups is 1. The largest absolute Gasteiger partial charge is 0.374 e. The van der Waals surface area contributed by atoms with Gasteiger partial charge in [0.25, 0.3) is 5.56 Å². The van der Waals surface area contributed by atoms with Crippen molar-refractivity contribution >= 4 is 32.6 Å². The number of thiazole rings is 1. The average Bonchev–Trinajstić information content (AvgIpc) is 2.84. The van der Waals surface area contributed by atoms with Crippen LogP contribution in [0, 0.1) is 0 Å². The van der Waals surface area contributed by atoms with Gasteiger partial charge in [0, 0.05) is 12.4 Å². The summed E-state index contributed by atoms with van der Waals surface area (Å²) in [7, 11) is 1.79. The number of fused-ring (bicyclic) bond motifs is 3. The summed E-state index contributed by atoms with van der Waals surface area (Å²) in [5.41, 5.74) is 2.74. The lowest BCUT2D eigenvalue weighted by atomic mass is 10.4. The van der Waals surface area contributed by atoms with E-state index in [4.69, 9.17) is 5.11 Å². The molecule has 0 aliphatic rings. The molecule has 3 aromatic heterocycles. The molecule has 0 spiro atoms. The van der Waals surface area contributed by atoms with Gasteiger partial charge >= 0.3 is 0 Å². The molecule has 6 nitrogen and oxygen atoms in total. The quantitative estimate of drug-likeness (QED) is 0.659. The van der Waals surface area contributed by atoms with Gasteiger partial charge in [-0.3, -0.25) is 4.79 Å². The number of aromatic nitrogens is 4. The van der Waals surface area contributed by atoms with Crippen LogP contribution in [0.1, 0.15) is 0 Å². The highest BCUT2D eigenvalue weighted by atomic mass is 32.1. The molecule has 3 aromatic rings. The Morgan fingerprint density at radius 1 is 1.56 bits per heavy atom. The van der Waals surface area contributed by atoms with Crippen LogP contribution < -0.4 is 5.56 Å². The molecule has 0 unspecified atom stereocenters. The summed E-state index contributed by atoms with van der Waals surface area (Å²) < 4.78 is 3.70. The average molecular weight is 236 g/mol. The minimum atomic E-state index is -0.416. The lowest BCUT2D eigenvalue weighted by molar-refractivity contribution is 0.189. The van der Waals surface area contributed by atoms with E-state index in [0.29, 0.717) is 5.52 Å². The van der Waals surface area contributed by atoms with Crippen LogP contribution in [0.2, 0.25) is 0 Å². The number of nitrogens with zero attached hydrogens (tertiary/aromatic N) is 4. The fraction of sp³-hybridized carbons (Fsp3) is 0.222. The summed E-state index contributed by atoms with van der Waals surface area (Å²) >= 11 is 1.48. The Kier molecular flexibility index (Phi) is 1.86. The van der Waals surface area contributed by atoms with Crippen molar-refractivity contribution in [3.8, 4) is 0 Å². The Morgan fingerprint density at radius 3 is 3.12 bits per heavy atom. The molecule has 0 amide bonds. The fourth-order valence-electron chi connectivity index (χ4n) is 1.84. The Hall–Kier alpha value is -1.73. The molecule has 0 atom stereocenters. The SMILES string of the molecule is Cn1c2ncsc2c2cnn(CO)c(=O)c21. The van der Waals surface area contributed by atoms with E-state index in [1.165, 1.54) is 11.3 Å². The maximum absolute atomic E-state index is 11.9. The normalized spacial score (nSPS) is 11.6. The zero-order valence-corrected chi connectivity index (χ0v) is 9.23. The lowest BCUT2D eigenvalue weighted by Crippen LogP contribution is -2.23. The van der Waals surface area contributed by atoms with Crippen LogP contribution in [-0.2, 0) is 13.8 Å². The standard InChI is InChI=1S/C9H8N4O2S/c1-12-6-5(7-8(12)10-3-16-7)2-11-13(4-14)9(6)15/h2-3,14H,4H2,1H3. The maximum Gasteiger partial charge on any atom is 0.293 e. The summed E-state index contributed by atoms with van der Waals surface area (Å²) in [5, 5.41) is 13.6. The van der Waals surface area contributed by atoms with Crippen molar-refractivity contribution in [3.05, 3.63) is 22.1 Å². The Morgan fingerprint density at radius 2 is 2.38 bits per heavy atom. The van der Waals surface area contributed by atoms with Crippen molar-refractivity contribution in [1.82, 2.24) is 19.3 Å². The van der Waals surface area contributed by atoms with E-state index < -0.39 is 6.73 Å². The molecule has 0 saturated carbocycles.